The zero-order valence-electron chi connectivity index (χ0n) is 11.0. The molecule has 2 rings (SSSR count). The van der Waals surface area contributed by atoms with E-state index in [2.05, 4.69) is 6.07 Å². The van der Waals surface area contributed by atoms with Crippen molar-refractivity contribution in [1.29, 1.82) is 10.5 Å². The molecular formula is C12H14N4O2S2. The highest BCUT2D eigenvalue weighted by Crippen LogP contribution is 2.25. The lowest BCUT2D eigenvalue weighted by Gasteiger charge is -2.34. The highest BCUT2D eigenvalue weighted by atomic mass is 32.2. The van der Waals surface area contributed by atoms with Gasteiger partial charge in [-0.2, -0.15) is 14.8 Å². The van der Waals surface area contributed by atoms with Gasteiger partial charge in [0, 0.05) is 26.2 Å². The average Bonchev–Trinajstić information content (AvgIpc) is 2.96. The molecule has 1 aromatic heterocycles. The van der Waals surface area contributed by atoms with Crippen molar-refractivity contribution >= 4 is 21.4 Å². The minimum atomic E-state index is -3.52. The predicted molar refractivity (Wildman–Crippen MR) is 74.4 cm³/mol. The molecule has 0 radical (unpaired) electrons. The molecule has 1 unspecified atom stereocenters. The molecule has 1 atom stereocenters. The van der Waals surface area contributed by atoms with Crippen LogP contribution in [-0.2, 0) is 10.0 Å². The van der Waals surface area contributed by atoms with E-state index in [4.69, 9.17) is 10.5 Å². The molecular weight excluding hydrogens is 296 g/mol. The van der Waals surface area contributed by atoms with Crippen LogP contribution >= 0.6 is 11.3 Å². The first-order chi connectivity index (χ1) is 9.48. The summed E-state index contributed by atoms with van der Waals surface area (Å²) in [6.45, 7) is 3.64. The maximum absolute atomic E-state index is 12.4. The maximum atomic E-state index is 12.4. The van der Waals surface area contributed by atoms with Crippen molar-refractivity contribution in [2.45, 2.75) is 17.2 Å². The van der Waals surface area contributed by atoms with E-state index in [-0.39, 0.29) is 10.3 Å². The fourth-order valence-electron chi connectivity index (χ4n) is 2.06. The lowest BCUT2D eigenvalue weighted by atomic mass is 10.2. The van der Waals surface area contributed by atoms with Crippen molar-refractivity contribution in [3.8, 4) is 12.1 Å². The largest absolute Gasteiger partial charge is 0.286 e. The molecule has 8 heteroatoms. The second-order valence-corrected chi connectivity index (χ2v) is 7.72. The number of sulfonamides is 1. The summed E-state index contributed by atoms with van der Waals surface area (Å²) in [4.78, 5) is 2.35. The summed E-state index contributed by atoms with van der Waals surface area (Å²) in [5.74, 6) is 0. The van der Waals surface area contributed by atoms with E-state index in [1.807, 2.05) is 17.9 Å². The molecule has 20 heavy (non-hydrogen) atoms. The summed E-state index contributed by atoms with van der Waals surface area (Å²) in [6.07, 6.45) is 0. The summed E-state index contributed by atoms with van der Waals surface area (Å²) in [7, 11) is -3.52. The molecule has 0 amide bonds. The second kappa shape index (κ2) is 5.90. The summed E-state index contributed by atoms with van der Waals surface area (Å²) in [5, 5.41) is 17.6. The molecule has 0 N–H and O–H groups in total. The van der Waals surface area contributed by atoms with Crippen LogP contribution in [0, 0.1) is 22.7 Å². The average molecular weight is 310 g/mol. The van der Waals surface area contributed by atoms with E-state index >= 15 is 0 Å². The molecule has 106 valence electrons. The van der Waals surface area contributed by atoms with Gasteiger partial charge in [-0.25, -0.2) is 8.42 Å². The van der Waals surface area contributed by atoms with Crippen molar-refractivity contribution in [3.05, 3.63) is 17.0 Å². The van der Waals surface area contributed by atoms with Gasteiger partial charge in [0.05, 0.1) is 12.1 Å². The normalized spacial score (nSPS) is 19.1. The van der Waals surface area contributed by atoms with Crippen LogP contribution in [0.3, 0.4) is 0 Å². The Morgan fingerprint density at radius 2 is 1.90 bits per heavy atom. The number of rotatable bonds is 3. The number of piperazine rings is 1. The van der Waals surface area contributed by atoms with Gasteiger partial charge >= 0.3 is 0 Å². The summed E-state index contributed by atoms with van der Waals surface area (Å²) < 4.78 is 26.4. The van der Waals surface area contributed by atoms with Crippen LogP contribution in [-0.4, -0.2) is 49.8 Å². The monoisotopic (exact) mass is 310 g/mol. The first-order valence-electron chi connectivity index (χ1n) is 6.13. The standard InChI is InChI=1S/C12H14N4O2S2/c1-10(8-13)15-4-6-16(7-5-15)20(17,18)12-3-2-11(9-14)19-12/h2-3,10H,4-7H2,1H3. The molecule has 1 aliphatic rings. The second-order valence-electron chi connectivity index (χ2n) is 4.48. The molecule has 0 bridgehead atoms. The Kier molecular flexibility index (Phi) is 4.41. The van der Waals surface area contributed by atoms with Crippen LogP contribution in [0.25, 0.3) is 0 Å². The van der Waals surface area contributed by atoms with Crippen LogP contribution < -0.4 is 0 Å². The number of nitriles is 2. The minimum absolute atomic E-state index is 0.202. The van der Waals surface area contributed by atoms with Gasteiger partial charge in [-0.05, 0) is 19.1 Å². The lowest BCUT2D eigenvalue weighted by Crippen LogP contribution is -2.50. The van der Waals surface area contributed by atoms with Gasteiger partial charge in [-0.15, -0.1) is 11.3 Å². The predicted octanol–water partition coefficient (Wildman–Crippen LogP) is 0.838. The molecule has 0 saturated carbocycles. The molecule has 6 nitrogen and oxygen atoms in total. The molecule has 1 saturated heterocycles. The van der Waals surface area contributed by atoms with Crippen molar-refractivity contribution in [2.24, 2.45) is 0 Å². The van der Waals surface area contributed by atoms with Gasteiger partial charge in [0.1, 0.15) is 15.2 Å². The third-order valence-electron chi connectivity index (χ3n) is 3.29. The Hall–Kier alpha value is -1.45. The van der Waals surface area contributed by atoms with Crippen molar-refractivity contribution in [2.75, 3.05) is 26.2 Å². The fourth-order valence-corrected chi connectivity index (χ4v) is 4.74. The van der Waals surface area contributed by atoms with Crippen molar-refractivity contribution in [3.63, 3.8) is 0 Å². The maximum Gasteiger partial charge on any atom is 0.252 e. The van der Waals surface area contributed by atoms with E-state index in [0.29, 0.717) is 31.1 Å². The molecule has 1 aromatic rings. The smallest absolute Gasteiger partial charge is 0.252 e. The van der Waals surface area contributed by atoms with Gasteiger partial charge in [-0.1, -0.05) is 0 Å². The van der Waals surface area contributed by atoms with Gasteiger partial charge in [0.15, 0.2) is 0 Å². The number of thiophene rings is 1. The highest BCUT2D eigenvalue weighted by molar-refractivity contribution is 7.91. The van der Waals surface area contributed by atoms with Crippen LogP contribution in [0.2, 0.25) is 0 Å². The SMILES string of the molecule is CC(C#N)N1CCN(S(=O)(=O)c2ccc(C#N)s2)CC1. The van der Waals surface area contributed by atoms with E-state index in [1.54, 1.807) is 0 Å². The minimum Gasteiger partial charge on any atom is -0.286 e. The van der Waals surface area contributed by atoms with Gasteiger partial charge < -0.3 is 0 Å². The zero-order valence-corrected chi connectivity index (χ0v) is 12.6. The van der Waals surface area contributed by atoms with Gasteiger partial charge in [0.25, 0.3) is 10.0 Å². The summed E-state index contributed by atoms with van der Waals surface area (Å²) in [6, 6.07) is 6.89. The van der Waals surface area contributed by atoms with Crippen molar-refractivity contribution < 1.29 is 8.42 Å². The first-order valence-corrected chi connectivity index (χ1v) is 8.38. The Morgan fingerprint density at radius 3 is 2.40 bits per heavy atom. The Morgan fingerprint density at radius 1 is 1.25 bits per heavy atom. The zero-order chi connectivity index (χ0) is 14.8. The third-order valence-corrected chi connectivity index (χ3v) is 6.65. The first kappa shape index (κ1) is 14.9. The fraction of sp³-hybridized carbons (Fsp3) is 0.500. The molecule has 0 spiro atoms. The van der Waals surface area contributed by atoms with Gasteiger partial charge in [0.2, 0.25) is 0 Å². The lowest BCUT2D eigenvalue weighted by molar-refractivity contribution is 0.170. The van der Waals surface area contributed by atoms with Gasteiger partial charge in [-0.3, -0.25) is 4.90 Å². The summed E-state index contributed by atoms with van der Waals surface area (Å²) >= 11 is 0.988. The van der Waals surface area contributed by atoms with Crippen LogP contribution in [0.15, 0.2) is 16.3 Å². The Bertz CT molecular complexity index is 660. The molecule has 1 fully saturated rings. The molecule has 1 aliphatic heterocycles. The number of hydrogen-bond donors (Lipinski definition) is 0. The van der Waals surface area contributed by atoms with Crippen LogP contribution in [0.5, 0.6) is 0 Å². The number of hydrogen-bond acceptors (Lipinski definition) is 6. The Labute approximate surface area is 122 Å². The highest BCUT2D eigenvalue weighted by Gasteiger charge is 2.30. The van der Waals surface area contributed by atoms with E-state index in [0.717, 1.165) is 11.3 Å². The topological polar surface area (TPSA) is 88.2 Å². The van der Waals surface area contributed by atoms with Crippen molar-refractivity contribution in [1.82, 2.24) is 9.21 Å². The number of nitrogens with zero attached hydrogens (tertiary/aromatic N) is 4. The Balaban J connectivity index is 2.10. The third kappa shape index (κ3) is 2.84. The van der Waals surface area contributed by atoms with E-state index < -0.39 is 10.0 Å². The van der Waals surface area contributed by atoms with Crippen LogP contribution in [0.1, 0.15) is 11.8 Å². The van der Waals surface area contributed by atoms with E-state index in [9.17, 15) is 8.42 Å². The molecule has 0 aliphatic carbocycles. The van der Waals surface area contributed by atoms with Crippen LogP contribution in [0.4, 0.5) is 0 Å². The molecule has 0 aromatic carbocycles. The van der Waals surface area contributed by atoms with E-state index in [1.165, 1.54) is 16.4 Å². The molecule has 2 heterocycles. The quantitative estimate of drug-likeness (QED) is 0.825. The summed E-state index contributed by atoms with van der Waals surface area (Å²) in [5.41, 5.74) is 0.